The number of benzene rings is 1. The fourth-order valence-electron chi connectivity index (χ4n) is 5.03. The maximum absolute atomic E-state index is 13.5. The molecular formula is C25H36N4O5. The number of piperazine rings is 1. The number of ether oxygens (including phenoxy) is 1. The molecule has 186 valence electrons. The number of fused-ring (bicyclic) bond motifs is 1. The summed E-state index contributed by atoms with van der Waals surface area (Å²) in [7, 11) is 0. The van der Waals surface area contributed by atoms with Crippen LogP contribution in [0.3, 0.4) is 0 Å². The Hall–Kier alpha value is -2.49. The first-order valence-corrected chi connectivity index (χ1v) is 12.1. The summed E-state index contributed by atoms with van der Waals surface area (Å²) >= 11 is 0. The summed E-state index contributed by atoms with van der Waals surface area (Å²) in [6.07, 6.45) is -1.61. The summed E-state index contributed by atoms with van der Waals surface area (Å²) in [6, 6.07) is 5.80. The van der Waals surface area contributed by atoms with E-state index in [1.54, 1.807) is 12.1 Å². The number of anilines is 1. The maximum atomic E-state index is 13.5. The molecule has 1 aromatic rings. The van der Waals surface area contributed by atoms with Crippen LogP contribution in [0.5, 0.6) is 0 Å². The van der Waals surface area contributed by atoms with Gasteiger partial charge in [-0.15, -0.1) is 0 Å². The molecule has 0 aromatic heterocycles. The van der Waals surface area contributed by atoms with Gasteiger partial charge in [0.2, 0.25) is 5.91 Å². The maximum Gasteiger partial charge on any atom is 0.251 e. The van der Waals surface area contributed by atoms with Crippen molar-refractivity contribution in [3.05, 3.63) is 29.8 Å². The molecule has 9 heteroatoms. The Morgan fingerprint density at radius 2 is 1.79 bits per heavy atom. The third kappa shape index (κ3) is 4.82. The first kappa shape index (κ1) is 24.6. The number of likely N-dealkylation sites (N-methyl/N-ethyl adjacent to an activating group) is 1. The molecule has 3 aliphatic heterocycles. The van der Waals surface area contributed by atoms with Crippen molar-refractivity contribution in [3.8, 4) is 0 Å². The van der Waals surface area contributed by atoms with Gasteiger partial charge in [0, 0.05) is 37.4 Å². The number of likely N-dealkylation sites (tertiary alicyclic amines) is 1. The van der Waals surface area contributed by atoms with Crippen LogP contribution in [0.15, 0.2) is 24.3 Å². The summed E-state index contributed by atoms with van der Waals surface area (Å²) in [6.45, 7) is 12.7. The molecule has 0 saturated carbocycles. The fraction of sp³-hybridized carbons (Fsp3) is 0.640. The Morgan fingerprint density at radius 1 is 1.15 bits per heavy atom. The average molecular weight is 473 g/mol. The van der Waals surface area contributed by atoms with Gasteiger partial charge in [-0.05, 0) is 36.2 Å². The largest absolute Gasteiger partial charge is 0.388 e. The summed E-state index contributed by atoms with van der Waals surface area (Å²) in [4.78, 5) is 45.0. The van der Waals surface area contributed by atoms with E-state index >= 15 is 0 Å². The molecule has 3 aliphatic rings. The predicted octanol–water partition coefficient (Wildman–Crippen LogP) is 0.513. The molecule has 2 amide bonds. The summed E-state index contributed by atoms with van der Waals surface area (Å²) in [5.41, 5.74) is 0.946. The van der Waals surface area contributed by atoms with Gasteiger partial charge in [0.05, 0.1) is 6.54 Å². The molecule has 0 spiro atoms. The third-order valence-corrected chi connectivity index (χ3v) is 7.14. The minimum absolute atomic E-state index is 0.0162. The van der Waals surface area contributed by atoms with Crippen LogP contribution in [0.2, 0.25) is 0 Å². The zero-order valence-electron chi connectivity index (χ0n) is 20.5. The second-order valence-electron chi connectivity index (χ2n) is 10.5. The lowest BCUT2D eigenvalue weighted by atomic mass is 9.85. The van der Waals surface area contributed by atoms with Crippen LogP contribution >= 0.6 is 0 Å². The Kier molecular flexibility index (Phi) is 6.98. The lowest BCUT2D eigenvalue weighted by Crippen LogP contribution is -2.57. The minimum Gasteiger partial charge on any atom is -0.388 e. The molecule has 2 N–H and O–H groups in total. The Bertz CT molecular complexity index is 920. The van der Waals surface area contributed by atoms with Gasteiger partial charge >= 0.3 is 0 Å². The van der Waals surface area contributed by atoms with Crippen molar-refractivity contribution in [2.75, 3.05) is 50.8 Å². The summed E-state index contributed by atoms with van der Waals surface area (Å²) < 4.78 is 5.38. The van der Waals surface area contributed by atoms with Gasteiger partial charge in [0.15, 0.2) is 5.78 Å². The molecule has 0 radical (unpaired) electrons. The highest BCUT2D eigenvalue weighted by atomic mass is 16.5. The number of carbonyl (C=O) groups is 3. The van der Waals surface area contributed by atoms with Crippen LogP contribution < -0.4 is 10.2 Å². The highest BCUT2D eigenvalue weighted by molar-refractivity contribution is 5.99. The molecule has 1 aromatic carbocycles. The fourth-order valence-corrected chi connectivity index (χ4v) is 5.03. The lowest BCUT2D eigenvalue weighted by molar-refractivity contribution is -0.140. The number of carbonyl (C=O) groups excluding carboxylic acids is 3. The van der Waals surface area contributed by atoms with Gasteiger partial charge < -0.3 is 29.9 Å². The van der Waals surface area contributed by atoms with E-state index in [1.165, 1.54) is 4.90 Å². The second kappa shape index (κ2) is 9.64. The van der Waals surface area contributed by atoms with Crippen molar-refractivity contribution in [2.45, 2.75) is 52.0 Å². The molecule has 3 heterocycles. The Labute approximate surface area is 201 Å². The number of nitrogens with one attached hydrogen (secondary N) is 1. The number of nitrogens with zero attached hydrogens (tertiary/aromatic N) is 3. The number of amides is 2. The number of ketones is 1. The first-order valence-electron chi connectivity index (χ1n) is 12.1. The Balaban J connectivity index is 1.45. The van der Waals surface area contributed by atoms with Gasteiger partial charge in [-0.3, -0.25) is 14.4 Å². The van der Waals surface area contributed by atoms with Crippen molar-refractivity contribution >= 4 is 23.3 Å². The van der Waals surface area contributed by atoms with Crippen molar-refractivity contribution < 1.29 is 24.2 Å². The number of aliphatic hydroxyl groups is 1. The quantitative estimate of drug-likeness (QED) is 0.644. The number of hydrogen-bond acceptors (Lipinski definition) is 7. The topological polar surface area (TPSA) is 102 Å². The van der Waals surface area contributed by atoms with E-state index < -0.39 is 29.7 Å². The summed E-state index contributed by atoms with van der Waals surface area (Å²) in [5, 5.41) is 13.2. The van der Waals surface area contributed by atoms with Crippen molar-refractivity contribution in [1.29, 1.82) is 0 Å². The van der Waals surface area contributed by atoms with Gasteiger partial charge in [-0.2, -0.15) is 0 Å². The van der Waals surface area contributed by atoms with Gasteiger partial charge in [0.1, 0.15) is 30.9 Å². The molecule has 34 heavy (non-hydrogen) atoms. The SMILES string of the molecule is CCN1CCN(c2ccc(C(=O)NC(C(=O)N3C[C@@H](O)[C@H]4OCC(=O)[C@H]43)C(C)(C)C)cc2)CC1. The van der Waals surface area contributed by atoms with E-state index in [0.717, 1.165) is 38.4 Å². The minimum atomic E-state index is -0.913. The van der Waals surface area contributed by atoms with Gasteiger partial charge in [-0.25, -0.2) is 0 Å². The zero-order valence-corrected chi connectivity index (χ0v) is 20.5. The molecule has 0 aliphatic carbocycles. The van der Waals surface area contributed by atoms with Crippen LogP contribution in [0.4, 0.5) is 5.69 Å². The van der Waals surface area contributed by atoms with Crippen LogP contribution in [0.1, 0.15) is 38.1 Å². The van der Waals surface area contributed by atoms with Gasteiger partial charge in [-0.1, -0.05) is 27.7 Å². The van der Waals surface area contributed by atoms with Crippen molar-refractivity contribution in [3.63, 3.8) is 0 Å². The highest BCUT2D eigenvalue weighted by Gasteiger charge is 2.53. The van der Waals surface area contributed by atoms with Crippen LogP contribution in [0, 0.1) is 5.41 Å². The number of aliphatic hydroxyl groups excluding tert-OH is 1. The molecule has 0 bridgehead atoms. The molecule has 4 rings (SSSR count). The molecule has 9 nitrogen and oxygen atoms in total. The van der Waals surface area contributed by atoms with Crippen LogP contribution in [0.25, 0.3) is 0 Å². The van der Waals surface area contributed by atoms with Crippen molar-refractivity contribution in [2.24, 2.45) is 5.41 Å². The van der Waals surface area contributed by atoms with E-state index in [4.69, 9.17) is 4.74 Å². The highest BCUT2D eigenvalue weighted by Crippen LogP contribution is 2.31. The second-order valence-corrected chi connectivity index (χ2v) is 10.5. The van der Waals surface area contributed by atoms with E-state index in [9.17, 15) is 19.5 Å². The van der Waals surface area contributed by atoms with E-state index in [2.05, 4.69) is 22.0 Å². The number of rotatable bonds is 5. The predicted molar refractivity (Wildman–Crippen MR) is 128 cm³/mol. The molecule has 3 fully saturated rings. The number of Topliss-reactive ketones (excluding diaryl/α,β-unsaturated/α-hetero) is 1. The number of hydrogen-bond donors (Lipinski definition) is 2. The number of β-amino-alcohol motifs (C(OH)–C–C–N with tert-alkyl or cyclic N) is 1. The Morgan fingerprint density at radius 3 is 2.38 bits per heavy atom. The monoisotopic (exact) mass is 472 g/mol. The normalized spacial score (nSPS) is 26.5. The first-order chi connectivity index (χ1) is 16.1. The molecule has 3 saturated heterocycles. The standard InChI is InChI=1S/C25H36N4O5/c1-5-27-10-12-28(13-11-27)17-8-6-16(7-9-17)23(32)26-22(25(2,3)4)24(33)29-14-18(30)21-20(29)19(31)15-34-21/h6-9,18,20-22,30H,5,10-15H2,1-4H3,(H,26,32)/t18-,20-,21-,22?/m1/s1. The summed E-state index contributed by atoms with van der Waals surface area (Å²) in [5.74, 6) is -0.943. The molecule has 1 unspecified atom stereocenters. The van der Waals surface area contributed by atoms with Crippen molar-refractivity contribution in [1.82, 2.24) is 15.1 Å². The van der Waals surface area contributed by atoms with E-state index in [0.29, 0.717) is 5.56 Å². The molecule has 4 atom stereocenters. The lowest BCUT2D eigenvalue weighted by Gasteiger charge is -2.35. The van der Waals surface area contributed by atoms with Crippen LogP contribution in [-0.2, 0) is 14.3 Å². The van der Waals surface area contributed by atoms with Gasteiger partial charge in [0.25, 0.3) is 5.91 Å². The average Bonchev–Trinajstić information content (AvgIpc) is 3.36. The van der Waals surface area contributed by atoms with E-state index in [-0.39, 0.29) is 30.7 Å². The molecular weight excluding hydrogens is 436 g/mol. The van der Waals surface area contributed by atoms with Crippen LogP contribution in [-0.4, -0.2) is 103 Å². The zero-order chi connectivity index (χ0) is 24.6. The van der Waals surface area contributed by atoms with E-state index in [1.807, 2.05) is 32.9 Å². The third-order valence-electron chi connectivity index (χ3n) is 7.14. The smallest absolute Gasteiger partial charge is 0.251 e.